The van der Waals surface area contributed by atoms with Crippen LogP contribution >= 0.6 is 0 Å². The van der Waals surface area contributed by atoms with Crippen LogP contribution in [0.3, 0.4) is 0 Å². The summed E-state index contributed by atoms with van der Waals surface area (Å²) in [7, 11) is 0. The second-order valence-electron chi connectivity index (χ2n) is 6.49. The number of aryl methyl sites for hydroxylation is 2. The van der Waals surface area contributed by atoms with Crippen molar-refractivity contribution in [2.24, 2.45) is 11.7 Å². The third-order valence-corrected chi connectivity index (χ3v) is 4.75. The maximum absolute atomic E-state index is 12.7. The number of carbonyl (C=O) groups is 2. The van der Waals surface area contributed by atoms with Gasteiger partial charge >= 0.3 is 0 Å². The van der Waals surface area contributed by atoms with E-state index in [1.807, 2.05) is 24.3 Å². The number of amides is 2. The van der Waals surface area contributed by atoms with Crippen LogP contribution in [0.4, 0.5) is 0 Å². The molecule has 0 saturated carbocycles. The molecule has 1 unspecified atom stereocenters. The number of carbonyl (C=O) groups excluding carboxylic acids is 2. The van der Waals surface area contributed by atoms with Crippen LogP contribution in [-0.2, 0) is 4.79 Å². The van der Waals surface area contributed by atoms with Gasteiger partial charge in [0.05, 0.1) is 5.92 Å². The molecular formula is C19H23N3O2. The molecule has 0 bridgehead atoms. The summed E-state index contributed by atoms with van der Waals surface area (Å²) in [5.41, 5.74) is 9.40. The predicted molar refractivity (Wildman–Crippen MR) is 93.1 cm³/mol. The molecule has 24 heavy (non-hydrogen) atoms. The van der Waals surface area contributed by atoms with Crippen LogP contribution in [0.25, 0.3) is 5.69 Å². The number of hydrogen-bond acceptors (Lipinski definition) is 2. The highest BCUT2D eigenvalue weighted by molar-refractivity contribution is 5.94. The van der Waals surface area contributed by atoms with Gasteiger partial charge in [-0.05, 0) is 63.1 Å². The molecule has 0 aliphatic carbocycles. The maximum Gasteiger partial charge on any atom is 0.253 e. The molecule has 2 N–H and O–H groups in total. The molecule has 1 aromatic carbocycles. The number of primary amides is 1. The fraction of sp³-hybridized carbons (Fsp3) is 0.368. The van der Waals surface area contributed by atoms with Crippen molar-refractivity contribution in [1.82, 2.24) is 9.47 Å². The average molecular weight is 325 g/mol. The molecule has 0 radical (unpaired) electrons. The van der Waals surface area contributed by atoms with Gasteiger partial charge in [-0.1, -0.05) is 0 Å². The Hall–Kier alpha value is -2.56. The first-order chi connectivity index (χ1) is 11.5. The van der Waals surface area contributed by atoms with E-state index >= 15 is 0 Å². The summed E-state index contributed by atoms with van der Waals surface area (Å²) >= 11 is 0. The fourth-order valence-electron chi connectivity index (χ4n) is 3.41. The van der Waals surface area contributed by atoms with Crippen molar-refractivity contribution in [3.05, 3.63) is 53.3 Å². The topological polar surface area (TPSA) is 68.3 Å². The van der Waals surface area contributed by atoms with Gasteiger partial charge < -0.3 is 15.2 Å². The van der Waals surface area contributed by atoms with Crippen molar-refractivity contribution in [2.75, 3.05) is 13.1 Å². The van der Waals surface area contributed by atoms with Crippen LogP contribution in [0.2, 0.25) is 0 Å². The Bertz CT molecular complexity index is 742. The lowest BCUT2D eigenvalue weighted by Gasteiger charge is -2.31. The molecule has 5 nitrogen and oxygen atoms in total. The van der Waals surface area contributed by atoms with Crippen molar-refractivity contribution in [2.45, 2.75) is 26.7 Å². The molecule has 126 valence electrons. The third kappa shape index (κ3) is 3.07. The van der Waals surface area contributed by atoms with E-state index < -0.39 is 0 Å². The van der Waals surface area contributed by atoms with E-state index in [0.717, 1.165) is 29.9 Å². The first-order valence-corrected chi connectivity index (χ1v) is 8.31. The average Bonchev–Trinajstić information content (AvgIpc) is 2.93. The molecule has 1 saturated heterocycles. The van der Waals surface area contributed by atoms with E-state index in [4.69, 9.17) is 5.73 Å². The van der Waals surface area contributed by atoms with Crippen LogP contribution in [0.15, 0.2) is 36.4 Å². The summed E-state index contributed by atoms with van der Waals surface area (Å²) in [6.45, 7) is 5.22. The number of benzene rings is 1. The van der Waals surface area contributed by atoms with Crippen LogP contribution in [0.1, 0.15) is 34.6 Å². The van der Waals surface area contributed by atoms with Crippen LogP contribution in [-0.4, -0.2) is 34.4 Å². The number of hydrogen-bond donors (Lipinski definition) is 1. The highest BCUT2D eigenvalue weighted by Crippen LogP contribution is 2.20. The summed E-state index contributed by atoms with van der Waals surface area (Å²) in [6.07, 6.45) is 1.59. The van der Waals surface area contributed by atoms with Gasteiger partial charge in [0.2, 0.25) is 5.91 Å². The van der Waals surface area contributed by atoms with E-state index in [1.165, 1.54) is 0 Å². The number of aromatic nitrogens is 1. The van der Waals surface area contributed by atoms with Gasteiger partial charge in [0.1, 0.15) is 0 Å². The zero-order valence-corrected chi connectivity index (χ0v) is 14.2. The van der Waals surface area contributed by atoms with Crippen molar-refractivity contribution in [1.29, 1.82) is 0 Å². The SMILES string of the molecule is Cc1ccc(C)n1-c1ccc(C(=O)N2CCCC(C(N)=O)C2)cc1. The van der Waals surface area contributed by atoms with Crippen LogP contribution < -0.4 is 5.73 Å². The fourth-order valence-corrected chi connectivity index (χ4v) is 3.41. The molecule has 2 amide bonds. The highest BCUT2D eigenvalue weighted by Gasteiger charge is 2.27. The zero-order valence-electron chi connectivity index (χ0n) is 14.2. The van der Waals surface area contributed by atoms with E-state index in [1.54, 1.807) is 4.90 Å². The Balaban J connectivity index is 1.78. The Kier molecular flexibility index (Phi) is 4.42. The lowest BCUT2D eigenvalue weighted by Crippen LogP contribution is -2.44. The molecule has 0 spiro atoms. The minimum Gasteiger partial charge on any atom is -0.369 e. The molecule has 1 atom stereocenters. The van der Waals surface area contributed by atoms with Gasteiger partial charge in [-0.25, -0.2) is 0 Å². The molecular weight excluding hydrogens is 302 g/mol. The van der Waals surface area contributed by atoms with Gasteiger partial charge in [-0.15, -0.1) is 0 Å². The standard InChI is InChI=1S/C19H23N3O2/c1-13-5-6-14(2)22(13)17-9-7-15(8-10-17)19(24)21-11-3-4-16(12-21)18(20)23/h5-10,16H,3-4,11-12H2,1-2H3,(H2,20,23). The second kappa shape index (κ2) is 6.51. The summed E-state index contributed by atoms with van der Waals surface area (Å²) in [4.78, 5) is 25.8. The Morgan fingerprint density at radius 1 is 1.04 bits per heavy atom. The number of likely N-dealkylation sites (tertiary alicyclic amines) is 1. The molecule has 5 heteroatoms. The normalized spacial score (nSPS) is 17.8. The molecule has 2 aromatic rings. The maximum atomic E-state index is 12.7. The number of piperidine rings is 1. The van der Waals surface area contributed by atoms with Crippen molar-refractivity contribution < 1.29 is 9.59 Å². The Morgan fingerprint density at radius 3 is 2.25 bits per heavy atom. The minimum absolute atomic E-state index is 0.0338. The van der Waals surface area contributed by atoms with E-state index in [-0.39, 0.29) is 17.7 Å². The van der Waals surface area contributed by atoms with Crippen molar-refractivity contribution in [3.63, 3.8) is 0 Å². The predicted octanol–water partition coefficient (Wildman–Crippen LogP) is 2.43. The smallest absolute Gasteiger partial charge is 0.253 e. The molecule has 2 heterocycles. The summed E-state index contributed by atoms with van der Waals surface area (Å²) in [5.74, 6) is -0.581. The third-order valence-electron chi connectivity index (χ3n) is 4.75. The number of rotatable bonds is 3. The van der Waals surface area contributed by atoms with Crippen LogP contribution in [0.5, 0.6) is 0 Å². The second-order valence-corrected chi connectivity index (χ2v) is 6.49. The summed E-state index contributed by atoms with van der Waals surface area (Å²) in [5, 5.41) is 0. The minimum atomic E-state index is -0.318. The van der Waals surface area contributed by atoms with E-state index in [9.17, 15) is 9.59 Å². The molecule has 1 aromatic heterocycles. The largest absolute Gasteiger partial charge is 0.369 e. The molecule has 1 aliphatic heterocycles. The van der Waals surface area contributed by atoms with Gasteiger partial charge in [-0.2, -0.15) is 0 Å². The lowest BCUT2D eigenvalue weighted by molar-refractivity contribution is -0.123. The van der Waals surface area contributed by atoms with Crippen molar-refractivity contribution in [3.8, 4) is 5.69 Å². The van der Waals surface area contributed by atoms with Gasteiger partial charge in [0.15, 0.2) is 0 Å². The highest BCUT2D eigenvalue weighted by atomic mass is 16.2. The first-order valence-electron chi connectivity index (χ1n) is 8.31. The first kappa shape index (κ1) is 16.3. The quantitative estimate of drug-likeness (QED) is 0.941. The Labute approximate surface area is 142 Å². The molecule has 1 aliphatic rings. The Morgan fingerprint density at radius 2 is 1.67 bits per heavy atom. The molecule has 3 rings (SSSR count). The monoisotopic (exact) mass is 325 g/mol. The van der Waals surface area contributed by atoms with E-state index in [0.29, 0.717) is 18.7 Å². The van der Waals surface area contributed by atoms with E-state index in [2.05, 4.69) is 30.5 Å². The van der Waals surface area contributed by atoms with Gasteiger partial charge in [0, 0.05) is 35.7 Å². The van der Waals surface area contributed by atoms with Gasteiger partial charge in [-0.3, -0.25) is 9.59 Å². The number of nitrogens with two attached hydrogens (primary N) is 1. The molecule has 1 fully saturated rings. The lowest BCUT2D eigenvalue weighted by atomic mass is 9.97. The summed E-state index contributed by atoms with van der Waals surface area (Å²) in [6, 6.07) is 11.8. The van der Waals surface area contributed by atoms with Gasteiger partial charge in [0.25, 0.3) is 5.91 Å². The van der Waals surface area contributed by atoms with Crippen molar-refractivity contribution >= 4 is 11.8 Å². The van der Waals surface area contributed by atoms with Crippen LogP contribution in [0, 0.1) is 19.8 Å². The summed E-state index contributed by atoms with van der Waals surface area (Å²) < 4.78 is 2.15. The zero-order chi connectivity index (χ0) is 17.3. The number of nitrogens with zero attached hydrogens (tertiary/aromatic N) is 2.